The maximum Gasteiger partial charge on any atom is 0.0268 e. The molecular weight excluding hydrogens is 212 g/mol. The highest BCUT2D eigenvalue weighted by Gasteiger charge is 2.54. The van der Waals surface area contributed by atoms with Crippen molar-refractivity contribution in [2.45, 2.75) is 49.8 Å². The molecule has 0 heterocycles. The molecule has 0 aromatic carbocycles. The average molecular weight is 229 g/mol. The van der Waals surface area contributed by atoms with Gasteiger partial charge in [0, 0.05) is 4.32 Å². The van der Waals surface area contributed by atoms with Crippen molar-refractivity contribution in [3.05, 3.63) is 0 Å². The summed E-state index contributed by atoms with van der Waals surface area (Å²) in [6.45, 7) is 2.51. The maximum absolute atomic E-state index is 3.99. The summed E-state index contributed by atoms with van der Waals surface area (Å²) in [5, 5.41) is 0. The predicted octanol–water partition coefficient (Wildman–Crippen LogP) is 3.74. The van der Waals surface area contributed by atoms with Gasteiger partial charge in [0.05, 0.1) is 0 Å². The molecule has 0 unspecified atom stereocenters. The summed E-state index contributed by atoms with van der Waals surface area (Å²) < 4.78 is 0.575. The molecule has 0 nitrogen and oxygen atoms in total. The number of hydrogen-bond acceptors (Lipinski definition) is 0. The molecule has 0 spiro atoms. The van der Waals surface area contributed by atoms with Gasteiger partial charge >= 0.3 is 0 Å². The third kappa shape index (κ3) is 1.01. The van der Waals surface area contributed by atoms with Crippen molar-refractivity contribution in [2.24, 2.45) is 17.3 Å². The van der Waals surface area contributed by atoms with Crippen molar-refractivity contribution >= 4 is 15.9 Å². The molecule has 0 saturated heterocycles. The Morgan fingerprint density at radius 3 is 2.08 bits per heavy atom. The summed E-state index contributed by atoms with van der Waals surface area (Å²) in [6.07, 6.45) is 8.99. The Hall–Kier alpha value is 0.480. The first-order valence-corrected chi connectivity index (χ1v) is 6.05. The van der Waals surface area contributed by atoms with E-state index in [1.165, 1.54) is 32.1 Å². The zero-order valence-corrected chi connectivity index (χ0v) is 9.36. The van der Waals surface area contributed by atoms with Crippen LogP contribution in [0.5, 0.6) is 0 Å². The molecule has 0 amide bonds. The van der Waals surface area contributed by atoms with Gasteiger partial charge in [0.2, 0.25) is 0 Å². The molecule has 0 radical (unpaired) electrons. The second-order valence-electron chi connectivity index (χ2n) is 5.92. The summed E-state index contributed by atoms with van der Waals surface area (Å²) in [5.74, 6) is 2.13. The third-order valence-electron chi connectivity index (χ3n) is 4.28. The monoisotopic (exact) mass is 228 g/mol. The molecule has 2 atom stereocenters. The lowest BCUT2D eigenvalue weighted by Crippen LogP contribution is -2.51. The summed E-state index contributed by atoms with van der Waals surface area (Å²) >= 11 is 3.99. The molecule has 12 heavy (non-hydrogen) atoms. The number of alkyl halides is 1. The second-order valence-corrected chi connectivity index (χ2v) is 7.60. The first-order valence-electron chi connectivity index (χ1n) is 5.26. The van der Waals surface area contributed by atoms with E-state index in [1.54, 1.807) is 6.42 Å². The van der Waals surface area contributed by atoms with Crippen molar-refractivity contribution in [1.82, 2.24) is 0 Å². The van der Waals surface area contributed by atoms with Crippen molar-refractivity contribution in [1.29, 1.82) is 0 Å². The van der Waals surface area contributed by atoms with Crippen molar-refractivity contribution in [2.75, 3.05) is 0 Å². The molecular formula is C11H17Br. The number of rotatable bonds is 0. The maximum atomic E-state index is 3.99. The topological polar surface area (TPSA) is 0 Å². The van der Waals surface area contributed by atoms with E-state index in [0.717, 1.165) is 11.8 Å². The second kappa shape index (κ2) is 2.10. The summed E-state index contributed by atoms with van der Waals surface area (Å²) in [6, 6.07) is 0. The molecule has 0 aliphatic heterocycles. The van der Waals surface area contributed by atoms with Crippen molar-refractivity contribution < 1.29 is 0 Å². The molecule has 4 saturated carbocycles. The highest BCUT2D eigenvalue weighted by atomic mass is 79.9. The van der Waals surface area contributed by atoms with E-state index in [-0.39, 0.29) is 0 Å². The molecule has 4 bridgehead atoms. The number of hydrogen-bond donors (Lipinski definition) is 0. The first-order chi connectivity index (χ1) is 5.57. The van der Waals surface area contributed by atoms with Crippen LogP contribution in [-0.4, -0.2) is 4.32 Å². The zero-order chi connectivity index (χ0) is 8.40. The SMILES string of the molecule is CC12C[C@H]3C[C@H](C1)CC(Br)(C3)C2. The van der Waals surface area contributed by atoms with Gasteiger partial charge in [0.15, 0.2) is 0 Å². The van der Waals surface area contributed by atoms with Gasteiger partial charge in [-0.15, -0.1) is 0 Å². The standard InChI is InChI=1S/C11H17Br/c1-10-3-8-2-9(4-10)6-11(12,5-8)7-10/h8-9H,2-7H2,1H3/t8-,9-,10?,11?/m1/s1. The van der Waals surface area contributed by atoms with Gasteiger partial charge in [-0.3, -0.25) is 0 Å². The molecule has 4 fully saturated rings. The molecule has 0 aromatic rings. The predicted molar refractivity (Wildman–Crippen MR) is 54.4 cm³/mol. The van der Waals surface area contributed by atoms with Crippen LogP contribution >= 0.6 is 15.9 Å². The Kier molecular flexibility index (Phi) is 1.38. The van der Waals surface area contributed by atoms with Crippen LogP contribution in [-0.2, 0) is 0 Å². The Bertz CT molecular complexity index is 187. The van der Waals surface area contributed by atoms with Gasteiger partial charge in [-0.2, -0.15) is 0 Å². The highest BCUT2D eigenvalue weighted by molar-refractivity contribution is 9.10. The lowest BCUT2D eigenvalue weighted by atomic mass is 9.50. The minimum atomic E-state index is 0.575. The van der Waals surface area contributed by atoms with E-state index in [4.69, 9.17) is 0 Å². The quantitative estimate of drug-likeness (QED) is 0.555. The van der Waals surface area contributed by atoms with Crippen molar-refractivity contribution in [3.8, 4) is 0 Å². The van der Waals surface area contributed by atoms with E-state index in [1.807, 2.05) is 0 Å². The Balaban J connectivity index is 1.98. The minimum absolute atomic E-state index is 0.575. The van der Waals surface area contributed by atoms with E-state index >= 15 is 0 Å². The molecule has 0 aromatic heterocycles. The first kappa shape index (κ1) is 7.84. The van der Waals surface area contributed by atoms with Crippen LogP contribution in [0.15, 0.2) is 0 Å². The fraction of sp³-hybridized carbons (Fsp3) is 1.00. The smallest absolute Gasteiger partial charge is 0.0268 e. The Labute approximate surface area is 83.2 Å². The fourth-order valence-electron chi connectivity index (χ4n) is 4.60. The van der Waals surface area contributed by atoms with Crippen LogP contribution in [0, 0.1) is 17.3 Å². The van der Waals surface area contributed by atoms with Crippen LogP contribution in [0.4, 0.5) is 0 Å². The van der Waals surface area contributed by atoms with Crippen molar-refractivity contribution in [3.63, 3.8) is 0 Å². The average Bonchev–Trinajstić information content (AvgIpc) is 1.75. The third-order valence-corrected chi connectivity index (χ3v) is 5.21. The van der Waals surface area contributed by atoms with Gasteiger partial charge in [-0.05, 0) is 55.8 Å². The summed E-state index contributed by atoms with van der Waals surface area (Å²) in [5.41, 5.74) is 0.716. The fourth-order valence-corrected chi connectivity index (χ4v) is 6.19. The molecule has 1 heteroatoms. The normalized spacial score (nSPS) is 62.5. The molecule has 4 aliphatic rings. The van der Waals surface area contributed by atoms with Crippen LogP contribution in [0.3, 0.4) is 0 Å². The largest absolute Gasteiger partial charge is 0.0853 e. The molecule has 4 aliphatic carbocycles. The highest BCUT2D eigenvalue weighted by Crippen LogP contribution is 2.64. The molecule has 68 valence electrons. The van der Waals surface area contributed by atoms with E-state index < -0.39 is 0 Å². The van der Waals surface area contributed by atoms with Crippen LogP contribution in [0.2, 0.25) is 0 Å². The summed E-state index contributed by atoms with van der Waals surface area (Å²) in [7, 11) is 0. The van der Waals surface area contributed by atoms with Gasteiger partial charge < -0.3 is 0 Å². The van der Waals surface area contributed by atoms with Crippen LogP contribution in [0.1, 0.15) is 45.4 Å². The zero-order valence-electron chi connectivity index (χ0n) is 7.78. The van der Waals surface area contributed by atoms with Crippen LogP contribution in [0.25, 0.3) is 0 Å². The Morgan fingerprint density at radius 2 is 1.67 bits per heavy atom. The van der Waals surface area contributed by atoms with E-state index in [9.17, 15) is 0 Å². The van der Waals surface area contributed by atoms with Gasteiger partial charge in [-0.1, -0.05) is 22.9 Å². The minimum Gasteiger partial charge on any atom is -0.0853 e. The van der Waals surface area contributed by atoms with Gasteiger partial charge in [0.25, 0.3) is 0 Å². The number of halogens is 1. The van der Waals surface area contributed by atoms with E-state index in [2.05, 4.69) is 22.9 Å². The molecule has 4 rings (SSSR count). The summed E-state index contributed by atoms with van der Waals surface area (Å²) in [4.78, 5) is 0. The van der Waals surface area contributed by atoms with Gasteiger partial charge in [-0.25, -0.2) is 0 Å². The van der Waals surface area contributed by atoms with Crippen LogP contribution < -0.4 is 0 Å². The lowest BCUT2D eigenvalue weighted by molar-refractivity contribution is -0.0227. The van der Waals surface area contributed by atoms with E-state index in [0.29, 0.717) is 9.74 Å². The Morgan fingerprint density at radius 1 is 1.08 bits per heavy atom. The van der Waals surface area contributed by atoms with Gasteiger partial charge in [0.1, 0.15) is 0 Å². The lowest BCUT2D eigenvalue weighted by Gasteiger charge is -2.59. The molecule has 0 N–H and O–H groups in total.